The molecule has 0 saturated carbocycles. The van der Waals surface area contributed by atoms with Crippen LogP contribution >= 0.6 is 15.9 Å². The van der Waals surface area contributed by atoms with E-state index in [1.165, 1.54) is 6.08 Å². The van der Waals surface area contributed by atoms with Gasteiger partial charge in [-0.05, 0) is 58.5 Å². The lowest BCUT2D eigenvalue weighted by atomic mass is 10.0. The van der Waals surface area contributed by atoms with Crippen LogP contribution < -0.4 is 4.74 Å². The summed E-state index contributed by atoms with van der Waals surface area (Å²) in [6, 6.07) is 18.1. The van der Waals surface area contributed by atoms with Crippen molar-refractivity contribution in [3.05, 3.63) is 81.8 Å². The molecule has 0 spiro atoms. The smallest absolute Gasteiger partial charge is 0.336 e. The maximum atomic E-state index is 12.4. The van der Waals surface area contributed by atoms with Gasteiger partial charge in [0.15, 0.2) is 0 Å². The molecule has 0 heterocycles. The molecule has 2 nitrogen and oxygen atoms in total. The largest absolute Gasteiger partial charge is 0.423 e. The van der Waals surface area contributed by atoms with Crippen LogP contribution in [-0.4, -0.2) is 5.97 Å². The van der Waals surface area contributed by atoms with E-state index in [0.29, 0.717) is 5.75 Å². The van der Waals surface area contributed by atoms with Crippen LogP contribution in [0.5, 0.6) is 5.75 Å². The first kappa shape index (κ1) is 18.4. The molecule has 0 saturated heterocycles. The summed E-state index contributed by atoms with van der Waals surface area (Å²) in [5.41, 5.74) is 3.04. The van der Waals surface area contributed by atoms with Crippen LogP contribution in [0.3, 0.4) is 0 Å². The van der Waals surface area contributed by atoms with Gasteiger partial charge in [-0.1, -0.05) is 72.2 Å². The highest BCUT2D eigenvalue weighted by molar-refractivity contribution is 9.10. The summed E-state index contributed by atoms with van der Waals surface area (Å²) in [5.74, 6) is 0.506. The molecule has 132 valence electrons. The van der Waals surface area contributed by atoms with E-state index in [0.717, 1.165) is 31.9 Å². The second kappa shape index (κ2) is 7.88. The number of carbonyl (C=O) groups is 1. The highest BCUT2D eigenvalue weighted by atomic mass is 79.9. The Morgan fingerprint density at radius 2 is 1.81 bits per heavy atom. The molecule has 0 amide bonds. The Kier molecular flexibility index (Phi) is 5.58. The summed E-state index contributed by atoms with van der Waals surface area (Å²) < 4.78 is 6.65. The normalized spacial score (nSPS) is 11.4. The first-order valence-electron chi connectivity index (χ1n) is 8.63. The molecule has 3 rings (SSSR count). The Morgan fingerprint density at radius 3 is 2.58 bits per heavy atom. The van der Waals surface area contributed by atoms with E-state index < -0.39 is 0 Å². The molecule has 3 aromatic carbocycles. The minimum atomic E-state index is -0.374. The number of fused-ring (bicyclic) bond motifs is 1. The molecule has 26 heavy (non-hydrogen) atoms. The van der Waals surface area contributed by atoms with Crippen LogP contribution in [0.4, 0.5) is 0 Å². The molecule has 0 fully saturated rings. The molecule has 0 aliphatic rings. The Bertz CT molecular complexity index is 981. The number of aryl methyl sites for hydroxylation is 1. The van der Waals surface area contributed by atoms with E-state index in [4.69, 9.17) is 4.74 Å². The molecule has 0 unspecified atom stereocenters. The summed E-state index contributed by atoms with van der Waals surface area (Å²) in [6.07, 6.45) is 3.30. The first-order chi connectivity index (χ1) is 12.5. The SMILES string of the molecule is Cc1cc(OC(=O)/C=C/c2cccc3ccccc23)c(C(C)C)cc1Br. The predicted molar refractivity (Wildman–Crippen MR) is 112 cm³/mol. The van der Waals surface area contributed by atoms with Crippen molar-refractivity contribution in [1.82, 2.24) is 0 Å². The van der Waals surface area contributed by atoms with Gasteiger partial charge < -0.3 is 4.74 Å². The van der Waals surface area contributed by atoms with Gasteiger partial charge in [-0.15, -0.1) is 0 Å². The van der Waals surface area contributed by atoms with Crippen LogP contribution in [-0.2, 0) is 4.79 Å². The Hall–Kier alpha value is -2.39. The number of hydrogen-bond acceptors (Lipinski definition) is 2. The fourth-order valence-corrected chi connectivity index (χ4v) is 3.27. The molecule has 0 aliphatic heterocycles. The number of carbonyl (C=O) groups excluding carboxylic acids is 1. The average molecular weight is 409 g/mol. The minimum absolute atomic E-state index is 0.261. The van der Waals surface area contributed by atoms with E-state index in [-0.39, 0.29) is 11.9 Å². The number of rotatable bonds is 4. The van der Waals surface area contributed by atoms with Crippen molar-refractivity contribution in [2.45, 2.75) is 26.7 Å². The molecule has 0 N–H and O–H groups in total. The fourth-order valence-electron chi connectivity index (χ4n) is 2.91. The predicted octanol–water partition coefficient (Wildman–Crippen LogP) is 6.65. The van der Waals surface area contributed by atoms with Gasteiger partial charge in [-0.25, -0.2) is 4.79 Å². The van der Waals surface area contributed by atoms with Crippen molar-refractivity contribution in [3.63, 3.8) is 0 Å². The summed E-state index contributed by atoms with van der Waals surface area (Å²) in [5, 5.41) is 2.26. The number of hydrogen-bond donors (Lipinski definition) is 0. The molecule has 3 aromatic rings. The number of benzene rings is 3. The van der Waals surface area contributed by atoms with Crippen LogP contribution in [0, 0.1) is 6.92 Å². The third-order valence-corrected chi connectivity index (χ3v) is 5.20. The number of halogens is 1. The van der Waals surface area contributed by atoms with Gasteiger partial charge in [0.1, 0.15) is 5.75 Å². The second-order valence-corrected chi connectivity index (χ2v) is 7.47. The van der Waals surface area contributed by atoms with Crippen molar-refractivity contribution in [2.75, 3.05) is 0 Å². The van der Waals surface area contributed by atoms with Crippen molar-refractivity contribution in [2.24, 2.45) is 0 Å². The number of ether oxygens (including phenoxy) is 1. The van der Waals surface area contributed by atoms with Crippen LogP contribution in [0.1, 0.15) is 36.5 Å². The Balaban J connectivity index is 1.85. The molecule has 0 aliphatic carbocycles. The molecular weight excluding hydrogens is 388 g/mol. The summed E-state index contributed by atoms with van der Waals surface area (Å²) >= 11 is 3.54. The quantitative estimate of drug-likeness (QED) is 0.274. The molecular formula is C23H21BrO2. The van der Waals surface area contributed by atoms with Crippen molar-refractivity contribution >= 4 is 38.7 Å². The summed E-state index contributed by atoms with van der Waals surface area (Å²) in [7, 11) is 0. The van der Waals surface area contributed by atoms with Crippen LogP contribution in [0.25, 0.3) is 16.8 Å². The van der Waals surface area contributed by atoms with E-state index in [1.807, 2.05) is 49.4 Å². The maximum Gasteiger partial charge on any atom is 0.336 e. The lowest BCUT2D eigenvalue weighted by Crippen LogP contribution is -2.07. The van der Waals surface area contributed by atoms with Crippen LogP contribution in [0.15, 0.2) is 65.1 Å². The van der Waals surface area contributed by atoms with Crippen molar-refractivity contribution in [3.8, 4) is 5.75 Å². The third kappa shape index (κ3) is 4.05. The molecule has 0 aromatic heterocycles. The second-order valence-electron chi connectivity index (χ2n) is 6.62. The zero-order valence-corrected chi connectivity index (χ0v) is 16.7. The van der Waals surface area contributed by atoms with Gasteiger partial charge in [0.25, 0.3) is 0 Å². The van der Waals surface area contributed by atoms with E-state index in [9.17, 15) is 4.79 Å². The fraction of sp³-hybridized carbons (Fsp3) is 0.174. The minimum Gasteiger partial charge on any atom is -0.423 e. The van der Waals surface area contributed by atoms with E-state index >= 15 is 0 Å². The topological polar surface area (TPSA) is 26.3 Å². The molecule has 0 bridgehead atoms. The zero-order chi connectivity index (χ0) is 18.7. The average Bonchev–Trinajstić information content (AvgIpc) is 2.62. The molecule has 3 heteroatoms. The summed E-state index contributed by atoms with van der Waals surface area (Å²) in [6.45, 7) is 6.15. The van der Waals surface area contributed by atoms with Crippen LogP contribution in [0.2, 0.25) is 0 Å². The summed E-state index contributed by atoms with van der Waals surface area (Å²) in [4.78, 5) is 12.4. The van der Waals surface area contributed by atoms with Gasteiger partial charge in [0.2, 0.25) is 0 Å². The maximum absolute atomic E-state index is 12.4. The highest BCUT2D eigenvalue weighted by Gasteiger charge is 2.13. The van der Waals surface area contributed by atoms with Gasteiger partial charge in [-0.2, -0.15) is 0 Å². The molecule has 0 atom stereocenters. The van der Waals surface area contributed by atoms with Gasteiger partial charge in [0.05, 0.1) is 0 Å². The van der Waals surface area contributed by atoms with E-state index in [1.54, 1.807) is 0 Å². The van der Waals surface area contributed by atoms with Crippen molar-refractivity contribution < 1.29 is 9.53 Å². The van der Waals surface area contributed by atoms with Gasteiger partial charge >= 0.3 is 5.97 Å². The standard InChI is InChI=1S/C23H21BrO2/c1-15(2)20-14-21(24)16(3)13-22(20)26-23(25)12-11-18-9-6-8-17-7-4-5-10-19(17)18/h4-15H,1-3H3/b12-11+. The van der Waals surface area contributed by atoms with Gasteiger partial charge in [0, 0.05) is 10.5 Å². The lowest BCUT2D eigenvalue weighted by molar-refractivity contribution is -0.128. The number of esters is 1. The third-order valence-electron chi connectivity index (χ3n) is 4.35. The van der Waals surface area contributed by atoms with Crippen molar-refractivity contribution in [1.29, 1.82) is 0 Å². The Labute approximate surface area is 162 Å². The zero-order valence-electron chi connectivity index (χ0n) is 15.1. The first-order valence-corrected chi connectivity index (χ1v) is 9.42. The lowest BCUT2D eigenvalue weighted by Gasteiger charge is -2.14. The Morgan fingerprint density at radius 1 is 1.08 bits per heavy atom. The monoisotopic (exact) mass is 408 g/mol. The molecule has 0 radical (unpaired) electrons. The van der Waals surface area contributed by atoms with E-state index in [2.05, 4.69) is 48.0 Å². The highest BCUT2D eigenvalue weighted by Crippen LogP contribution is 2.32. The van der Waals surface area contributed by atoms with Gasteiger partial charge in [-0.3, -0.25) is 0 Å².